The Balaban J connectivity index is 2.13. The minimum atomic E-state index is 0.216. The quantitative estimate of drug-likeness (QED) is 0.790. The predicted octanol–water partition coefficient (Wildman–Crippen LogP) is 3.13. The van der Waals surface area contributed by atoms with Crippen molar-refractivity contribution in [3.63, 3.8) is 0 Å². The zero-order valence-corrected chi connectivity index (χ0v) is 9.89. The molecule has 1 aromatic carbocycles. The number of aryl methyl sites for hydroxylation is 1. The summed E-state index contributed by atoms with van der Waals surface area (Å²) in [6.07, 6.45) is 6.69. The normalized spacial score (nSPS) is 18.3. The van der Waals surface area contributed by atoms with Crippen molar-refractivity contribution in [2.45, 2.75) is 29.4 Å². The van der Waals surface area contributed by atoms with E-state index in [0.717, 1.165) is 19.4 Å². The summed E-state index contributed by atoms with van der Waals surface area (Å²) in [6, 6.07) is 8.66. The molecule has 0 saturated carbocycles. The van der Waals surface area contributed by atoms with Crippen LogP contribution in [0.4, 0.5) is 0 Å². The minimum Gasteiger partial charge on any atom is -0.329 e. The minimum absolute atomic E-state index is 0.216. The van der Waals surface area contributed by atoms with Gasteiger partial charge in [0, 0.05) is 16.2 Å². The maximum atomic E-state index is 5.89. The van der Waals surface area contributed by atoms with E-state index in [-0.39, 0.29) is 4.75 Å². The van der Waals surface area contributed by atoms with Crippen molar-refractivity contribution < 1.29 is 0 Å². The predicted molar refractivity (Wildman–Crippen MR) is 67.2 cm³/mol. The number of hydrogen-bond donors (Lipinski definition) is 1. The van der Waals surface area contributed by atoms with Gasteiger partial charge >= 0.3 is 0 Å². The van der Waals surface area contributed by atoms with E-state index < -0.39 is 0 Å². The highest BCUT2D eigenvalue weighted by atomic mass is 32.2. The van der Waals surface area contributed by atoms with E-state index in [2.05, 4.69) is 43.3 Å². The molecule has 0 aliphatic heterocycles. The van der Waals surface area contributed by atoms with Crippen molar-refractivity contribution in [2.75, 3.05) is 6.54 Å². The first-order valence-corrected chi connectivity index (χ1v) is 6.16. The number of benzene rings is 1. The van der Waals surface area contributed by atoms with Crippen LogP contribution in [0.5, 0.6) is 0 Å². The Hall–Kier alpha value is -0.730. The molecule has 1 aliphatic rings. The average molecular weight is 219 g/mol. The van der Waals surface area contributed by atoms with Crippen LogP contribution < -0.4 is 5.73 Å². The molecule has 1 aliphatic carbocycles. The van der Waals surface area contributed by atoms with Gasteiger partial charge in [-0.15, -0.1) is 11.8 Å². The van der Waals surface area contributed by atoms with E-state index in [1.807, 2.05) is 11.8 Å². The number of rotatable bonds is 3. The molecule has 80 valence electrons. The highest BCUT2D eigenvalue weighted by Gasteiger charge is 2.30. The molecular weight excluding hydrogens is 202 g/mol. The zero-order chi connectivity index (χ0) is 10.7. The molecule has 0 spiro atoms. The van der Waals surface area contributed by atoms with Gasteiger partial charge in [0.15, 0.2) is 0 Å². The van der Waals surface area contributed by atoms with Crippen molar-refractivity contribution in [1.82, 2.24) is 0 Å². The summed E-state index contributed by atoms with van der Waals surface area (Å²) in [5, 5.41) is 0. The van der Waals surface area contributed by atoms with Gasteiger partial charge in [0.2, 0.25) is 0 Å². The van der Waals surface area contributed by atoms with Crippen LogP contribution in [0.3, 0.4) is 0 Å². The van der Waals surface area contributed by atoms with Crippen LogP contribution in [0.2, 0.25) is 0 Å². The smallest absolute Gasteiger partial charge is 0.0397 e. The summed E-state index contributed by atoms with van der Waals surface area (Å²) >= 11 is 1.93. The monoisotopic (exact) mass is 219 g/mol. The summed E-state index contributed by atoms with van der Waals surface area (Å²) in [4.78, 5) is 1.34. The van der Waals surface area contributed by atoms with E-state index in [1.165, 1.54) is 10.5 Å². The van der Waals surface area contributed by atoms with E-state index in [9.17, 15) is 0 Å². The van der Waals surface area contributed by atoms with Gasteiger partial charge in [0.1, 0.15) is 0 Å². The second kappa shape index (κ2) is 4.42. The molecule has 0 saturated heterocycles. The van der Waals surface area contributed by atoms with Crippen molar-refractivity contribution in [3.8, 4) is 0 Å². The fraction of sp³-hybridized carbons (Fsp3) is 0.385. The molecule has 15 heavy (non-hydrogen) atoms. The molecule has 1 aromatic rings. The lowest BCUT2D eigenvalue weighted by atomic mass is 10.1. The Morgan fingerprint density at radius 2 is 2.07 bits per heavy atom. The topological polar surface area (TPSA) is 26.0 Å². The highest BCUT2D eigenvalue weighted by Crippen LogP contribution is 2.41. The summed E-state index contributed by atoms with van der Waals surface area (Å²) in [7, 11) is 0. The first kappa shape index (κ1) is 10.8. The third-order valence-electron chi connectivity index (χ3n) is 2.84. The summed E-state index contributed by atoms with van der Waals surface area (Å²) < 4.78 is 0.216. The zero-order valence-electron chi connectivity index (χ0n) is 9.07. The van der Waals surface area contributed by atoms with Crippen LogP contribution in [0.25, 0.3) is 0 Å². The first-order valence-electron chi connectivity index (χ1n) is 5.35. The molecule has 0 aromatic heterocycles. The molecule has 2 N–H and O–H groups in total. The van der Waals surface area contributed by atoms with Crippen LogP contribution in [0.1, 0.15) is 18.4 Å². The van der Waals surface area contributed by atoms with Gasteiger partial charge in [-0.05, 0) is 31.9 Å². The molecule has 0 fully saturated rings. The maximum absolute atomic E-state index is 5.89. The van der Waals surface area contributed by atoms with Gasteiger partial charge < -0.3 is 5.73 Å². The average Bonchev–Trinajstić information content (AvgIpc) is 2.67. The molecule has 0 bridgehead atoms. The number of hydrogen-bond acceptors (Lipinski definition) is 2. The number of thioether (sulfide) groups is 1. The van der Waals surface area contributed by atoms with Gasteiger partial charge in [0.05, 0.1) is 0 Å². The molecule has 0 amide bonds. The lowest BCUT2D eigenvalue weighted by Gasteiger charge is -2.26. The number of nitrogens with two attached hydrogens (primary N) is 1. The highest BCUT2D eigenvalue weighted by molar-refractivity contribution is 8.00. The molecular formula is C13H17NS. The third-order valence-corrected chi connectivity index (χ3v) is 4.26. The van der Waals surface area contributed by atoms with E-state index in [4.69, 9.17) is 5.73 Å². The van der Waals surface area contributed by atoms with Crippen LogP contribution in [-0.2, 0) is 0 Å². The standard InChI is InChI=1S/C13H17NS/c1-11-5-4-6-12(9-11)15-13(10-14)7-2-3-8-13/h2-6,9H,7-8,10,14H2,1H3. The van der Waals surface area contributed by atoms with Crippen molar-refractivity contribution >= 4 is 11.8 Å². The Labute approximate surface area is 95.8 Å². The van der Waals surface area contributed by atoms with E-state index in [0.29, 0.717) is 0 Å². The SMILES string of the molecule is Cc1cccc(SC2(CN)CC=CC2)c1. The molecule has 0 unspecified atom stereocenters. The molecule has 2 heteroatoms. The van der Waals surface area contributed by atoms with Crippen LogP contribution in [-0.4, -0.2) is 11.3 Å². The van der Waals surface area contributed by atoms with Gasteiger partial charge in [-0.2, -0.15) is 0 Å². The summed E-state index contributed by atoms with van der Waals surface area (Å²) in [5.41, 5.74) is 7.21. The molecule has 0 heterocycles. The third kappa shape index (κ3) is 2.44. The maximum Gasteiger partial charge on any atom is 0.0397 e. The Bertz CT molecular complexity index is 363. The lowest BCUT2D eigenvalue weighted by Crippen LogP contribution is -2.31. The summed E-state index contributed by atoms with van der Waals surface area (Å²) in [6.45, 7) is 2.88. The fourth-order valence-electron chi connectivity index (χ4n) is 1.90. The second-order valence-electron chi connectivity index (χ2n) is 4.19. The lowest BCUT2D eigenvalue weighted by molar-refractivity contribution is 0.641. The van der Waals surface area contributed by atoms with E-state index in [1.54, 1.807) is 0 Å². The van der Waals surface area contributed by atoms with Crippen LogP contribution in [0.15, 0.2) is 41.3 Å². The van der Waals surface area contributed by atoms with Crippen molar-refractivity contribution in [1.29, 1.82) is 0 Å². The summed E-state index contributed by atoms with van der Waals surface area (Å²) in [5.74, 6) is 0. The van der Waals surface area contributed by atoms with E-state index >= 15 is 0 Å². The van der Waals surface area contributed by atoms with Gasteiger partial charge in [0.25, 0.3) is 0 Å². The van der Waals surface area contributed by atoms with Crippen molar-refractivity contribution in [2.24, 2.45) is 5.73 Å². The molecule has 1 nitrogen and oxygen atoms in total. The Kier molecular flexibility index (Phi) is 3.17. The number of allylic oxidation sites excluding steroid dienone is 2. The largest absolute Gasteiger partial charge is 0.329 e. The van der Waals surface area contributed by atoms with Gasteiger partial charge in [-0.25, -0.2) is 0 Å². The molecule has 0 atom stereocenters. The molecule has 2 rings (SSSR count). The molecule has 0 radical (unpaired) electrons. The Morgan fingerprint density at radius 1 is 1.33 bits per heavy atom. The fourth-order valence-corrected chi connectivity index (χ4v) is 3.23. The first-order chi connectivity index (χ1) is 7.24. The van der Waals surface area contributed by atoms with Gasteiger partial charge in [-0.1, -0.05) is 29.8 Å². The Morgan fingerprint density at radius 3 is 2.67 bits per heavy atom. The second-order valence-corrected chi connectivity index (χ2v) is 5.73. The van der Waals surface area contributed by atoms with Crippen LogP contribution >= 0.6 is 11.8 Å². The van der Waals surface area contributed by atoms with Gasteiger partial charge in [-0.3, -0.25) is 0 Å². The van der Waals surface area contributed by atoms with Crippen molar-refractivity contribution in [3.05, 3.63) is 42.0 Å². The van der Waals surface area contributed by atoms with Crippen LogP contribution in [0, 0.1) is 6.92 Å².